The van der Waals surface area contributed by atoms with E-state index in [9.17, 15) is 14.7 Å². The summed E-state index contributed by atoms with van der Waals surface area (Å²) >= 11 is 3.33. The number of aryl methyl sites for hydroxylation is 1. The van der Waals surface area contributed by atoms with Gasteiger partial charge in [0.05, 0.1) is 18.7 Å². The van der Waals surface area contributed by atoms with Gasteiger partial charge in [-0.15, -0.1) is 6.42 Å². The Hall–Kier alpha value is -2.36. The van der Waals surface area contributed by atoms with Crippen LogP contribution in [0.1, 0.15) is 28.3 Å². The molecule has 0 saturated carbocycles. The molecular weight excluding hydrogens is 374 g/mol. The number of furan rings is 1. The molecule has 6 heteroatoms. The van der Waals surface area contributed by atoms with Crippen molar-refractivity contribution in [3.8, 4) is 12.3 Å². The van der Waals surface area contributed by atoms with Gasteiger partial charge in [0, 0.05) is 10.0 Å². The van der Waals surface area contributed by atoms with Crippen molar-refractivity contribution in [2.75, 3.05) is 11.4 Å². The first-order valence-corrected chi connectivity index (χ1v) is 8.03. The lowest BCUT2D eigenvalue weighted by atomic mass is 9.89. The third-order valence-electron chi connectivity index (χ3n) is 3.97. The number of terminal acetylenes is 1. The molecule has 1 N–H and O–H groups in total. The zero-order valence-electron chi connectivity index (χ0n) is 12.9. The van der Waals surface area contributed by atoms with Crippen molar-refractivity contribution in [1.29, 1.82) is 0 Å². The molecule has 0 bridgehead atoms. The van der Waals surface area contributed by atoms with Crippen molar-refractivity contribution in [3.63, 3.8) is 0 Å². The van der Waals surface area contributed by atoms with E-state index in [1.165, 1.54) is 11.0 Å². The van der Waals surface area contributed by atoms with Gasteiger partial charge in [0.15, 0.2) is 11.4 Å². The van der Waals surface area contributed by atoms with Gasteiger partial charge in [-0.3, -0.25) is 14.5 Å². The number of rotatable bonds is 4. The van der Waals surface area contributed by atoms with Crippen LogP contribution in [0.4, 0.5) is 5.69 Å². The van der Waals surface area contributed by atoms with Crippen LogP contribution in [0.2, 0.25) is 0 Å². The highest BCUT2D eigenvalue weighted by Crippen LogP contribution is 2.44. The Morgan fingerprint density at radius 3 is 2.79 bits per heavy atom. The second-order valence-corrected chi connectivity index (χ2v) is 6.54. The monoisotopic (exact) mass is 387 g/mol. The predicted octanol–water partition coefficient (Wildman–Crippen LogP) is 2.79. The molecule has 1 amide bonds. The van der Waals surface area contributed by atoms with Crippen LogP contribution in [-0.4, -0.2) is 23.3 Å². The number of carbonyl (C=O) groups excluding carboxylic acids is 2. The maximum absolute atomic E-state index is 12.7. The van der Waals surface area contributed by atoms with E-state index in [1.807, 2.05) is 0 Å². The van der Waals surface area contributed by atoms with Crippen LogP contribution in [0.5, 0.6) is 0 Å². The molecule has 1 aliphatic rings. The molecule has 3 rings (SSSR count). The number of halogens is 1. The van der Waals surface area contributed by atoms with Crippen LogP contribution in [-0.2, 0) is 10.4 Å². The summed E-state index contributed by atoms with van der Waals surface area (Å²) in [4.78, 5) is 26.5. The van der Waals surface area contributed by atoms with Gasteiger partial charge in [-0.2, -0.15) is 0 Å². The van der Waals surface area contributed by atoms with Gasteiger partial charge in [-0.1, -0.05) is 21.9 Å². The van der Waals surface area contributed by atoms with Gasteiger partial charge in [0.2, 0.25) is 5.78 Å². The summed E-state index contributed by atoms with van der Waals surface area (Å²) in [5, 5.41) is 11.0. The van der Waals surface area contributed by atoms with Crippen molar-refractivity contribution >= 4 is 33.3 Å². The van der Waals surface area contributed by atoms with Gasteiger partial charge in [-0.05, 0) is 37.3 Å². The summed E-state index contributed by atoms with van der Waals surface area (Å²) < 4.78 is 5.99. The number of anilines is 1. The number of amides is 1. The lowest BCUT2D eigenvalue weighted by Gasteiger charge is -2.21. The first-order chi connectivity index (χ1) is 11.4. The lowest BCUT2D eigenvalue weighted by Crippen LogP contribution is -2.42. The van der Waals surface area contributed by atoms with Crippen molar-refractivity contribution < 1.29 is 19.1 Å². The van der Waals surface area contributed by atoms with Crippen LogP contribution in [0.3, 0.4) is 0 Å². The molecule has 5 nitrogen and oxygen atoms in total. The summed E-state index contributed by atoms with van der Waals surface area (Å²) in [7, 11) is 0. The van der Waals surface area contributed by atoms with Crippen LogP contribution in [0, 0.1) is 19.3 Å². The summed E-state index contributed by atoms with van der Waals surface area (Å²) in [6.45, 7) is 1.73. The minimum absolute atomic E-state index is 0.0177. The number of Topliss-reactive ketones (excluding diaryl/α,β-unsaturated/α-hetero) is 1. The topological polar surface area (TPSA) is 70.8 Å². The molecule has 1 atom stereocenters. The minimum Gasteiger partial charge on any atom is -0.458 e. The lowest BCUT2D eigenvalue weighted by molar-refractivity contribution is -0.135. The first kappa shape index (κ1) is 16.5. The second-order valence-electron chi connectivity index (χ2n) is 5.63. The highest BCUT2D eigenvalue weighted by atomic mass is 79.9. The molecule has 1 aliphatic heterocycles. The molecule has 1 aromatic carbocycles. The van der Waals surface area contributed by atoms with Gasteiger partial charge in [0.25, 0.3) is 5.91 Å². The average molecular weight is 388 g/mol. The highest BCUT2D eigenvalue weighted by molar-refractivity contribution is 9.10. The van der Waals surface area contributed by atoms with E-state index in [2.05, 4.69) is 21.9 Å². The fourth-order valence-corrected chi connectivity index (χ4v) is 3.21. The van der Waals surface area contributed by atoms with E-state index in [1.54, 1.807) is 31.2 Å². The number of fused-ring (bicyclic) bond motifs is 1. The van der Waals surface area contributed by atoms with Gasteiger partial charge >= 0.3 is 0 Å². The normalized spacial score (nSPS) is 19.2. The number of carbonyl (C=O) groups is 2. The number of nitrogens with zero attached hydrogens (tertiary/aromatic N) is 1. The van der Waals surface area contributed by atoms with Gasteiger partial charge in [-0.25, -0.2) is 0 Å². The summed E-state index contributed by atoms with van der Waals surface area (Å²) in [5.74, 6) is 2.04. The number of benzene rings is 1. The molecule has 0 saturated heterocycles. The van der Waals surface area contributed by atoms with E-state index in [0.717, 1.165) is 0 Å². The molecule has 0 spiro atoms. The Bertz CT molecular complexity index is 879. The third-order valence-corrected chi connectivity index (χ3v) is 4.47. The molecule has 1 aromatic heterocycles. The Morgan fingerprint density at radius 1 is 1.42 bits per heavy atom. The molecule has 2 heterocycles. The van der Waals surface area contributed by atoms with Crippen LogP contribution >= 0.6 is 15.9 Å². The number of hydrogen-bond donors (Lipinski definition) is 1. The van der Waals surface area contributed by atoms with Crippen LogP contribution in [0.25, 0.3) is 0 Å². The van der Waals surface area contributed by atoms with E-state index >= 15 is 0 Å². The molecule has 2 aromatic rings. The van der Waals surface area contributed by atoms with E-state index in [-0.39, 0.29) is 12.3 Å². The number of hydrogen-bond acceptors (Lipinski definition) is 4. The van der Waals surface area contributed by atoms with Crippen molar-refractivity contribution in [2.24, 2.45) is 0 Å². The van der Waals surface area contributed by atoms with Gasteiger partial charge < -0.3 is 9.52 Å². The molecule has 0 radical (unpaired) electrons. The Labute approximate surface area is 147 Å². The zero-order chi connectivity index (χ0) is 17.5. The quantitative estimate of drug-likeness (QED) is 0.646. The zero-order valence-corrected chi connectivity index (χ0v) is 14.5. The Morgan fingerprint density at radius 2 is 2.17 bits per heavy atom. The number of aliphatic hydroxyl groups is 1. The van der Waals surface area contributed by atoms with Crippen molar-refractivity contribution in [1.82, 2.24) is 0 Å². The van der Waals surface area contributed by atoms with E-state index in [4.69, 9.17) is 10.8 Å². The molecule has 0 aliphatic carbocycles. The summed E-state index contributed by atoms with van der Waals surface area (Å²) in [5.41, 5.74) is -1.10. The van der Waals surface area contributed by atoms with Crippen LogP contribution in [0.15, 0.2) is 39.2 Å². The number of ketones is 1. The fraction of sp³-hybridized carbons (Fsp3) is 0.222. The molecule has 24 heavy (non-hydrogen) atoms. The minimum atomic E-state index is -1.96. The SMILES string of the molecule is C#CCN1C(=O)[C@](O)(CC(=O)c2ccc(C)o2)c2cc(Br)ccc21. The maximum atomic E-state index is 12.7. The maximum Gasteiger partial charge on any atom is 0.265 e. The largest absolute Gasteiger partial charge is 0.458 e. The second kappa shape index (κ2) is 5.93. The predicted molar refractivity (Wildman–Crippen MR) is 91.6 cm³/mol. The Balaban J connectivity index is 2.02. The molecular formula is C18H14BrNO4. The standard InChI is InChI=1S/C18H14BrNO4/c1-3-8-20-14-6-5-12(19)9-13(14)18(23,17(20)22)10-15(21)16-7-4-11(2)24-16/h1,4-7,9,23H,8,10H2,2H3/t18-/m0/s1. The van der Waals surface area contributed by atoms with Crippen LogP contribution < -0.4 is 4.90 Å². The molecule has 0 fully saturated rings. The van der Waals surface area contributed by atoms with E-state index in [0.29, 0.717) is 21.5 Å². The highest BCUT2D eigenvalue weighted by Gasteiger charge is 2.51. The summed E-state index contributed by atoms with van der Waals surface area (Å²) in [6.07, 6.45) is 4.91. The van der Waals surface area contributed by atoms with Gasteiger partial charge in [0.1, 0.15) is 5.76 Å². The Kier molecular flexibility index (Phi) is 4.08. The smallest absolute Gasteiger partial charge is 0.265 e. The third kappa shape index (κ3) is 2.56. The molecule has 122 valence electrons. The van der Waals surface area contributed by atoms with E-state index < -0.39 is 23.7 Å². The van der Waals surface area contributed by atoms with Crippen molar-refractivity contribution in [2.45, 2.75) is 18.9 Å². The van der Waals surface area contributed by atoms with Crippen molar-refractivity contribution in [3.05, 3.63) is 51.9 Å². The fourth-order valence-electron chi connectivity index (χ4n) is 2.85. The first-order valence-electron chi connectivity index (χ1n) is 7.24. The molecule has 0 unspecified atom stereocenters. The average Bonchev–Trinajstić information content (AvgIpc) is 3.05. The summed E-state index contributed by atoms with van der Waals surface area (Å²) in [6, 6.07) is 8.25.